The summed E-state index contributed by atoms with van der Waals surface area (Å²) in [5.41, 5.74) is 2.80. The van der Waals surface area contributed by atoms with Gasteiger partial charge in [-0.3, -0.25) is 19.5 Å². The molecular formula is C30H27N3O6S. The van der Waals surface area contributed by atoms with Crippen molar-refractivity contribution < 1.29 is 18.9 Å². The van der Waals surface area contributed by atoms with E-state index in [1.165, 1.54) is 35.1 Å². The van der Waals surface area contributed by atoms with Crippen LogP contribution in [0.5, 0.6) is 0 Å². The van der Waals surface area contributed by atoms with Crippen molar-refractivity contribution in [3.63, 3.8) is 0 Å². The van der Waals surface area contributed by atoms with Crippen LogP contribution < -0.4 is 14.9 Å². The number of nitro groups is 1. The minimum atomic E-state index is -0.711. The van der Waals surface area contributed by atoms with E-state index in [4.69, 9.17) is 9.15 Å². The number of non-ortho nitro benzene ring substituents is 1. The first-order chi connectivity index (χ1) is 19.0. The van der Waals surface area contributed by atoms with Gasteiger partial charge in [0.05, 0.1) is 33.9 Å². The number of esters is 1. The van der Waals surface area contributed by atoms with E-state index < -0.39 is 16.9 Å². The van der Waals surface area contributed by atoms with Crippen LogP contribution in [0.2, 0.25) is 0 Å². The first-order valence-electron chi connectivity index (χ1n) is 12.5. The van der Waals surface area contributed by atoms with Crippen molar-refractivity contribution in [3.8, 4) is 11.3 Å². The maximum Gasteiger partial charge on any atom is 0.338 e. The van der Waals surface area contributed by atoms with Crippen molar-refractivity contribution >= 4 is 29.1 Å². The standard InChI is InChI=1S/C30H27N3O6S/c1-17-25(28(35)38-5)26(18-9-11-20(12-10-18)30(2,3)4)32-27(34)24(40-29(32)31-17)16-22-13-14-23(39-22)19-7-6-8-21(15-19)33(36)37/h6-16,26H,1-5H3/b24-16+. The molecule has 0 aliphatic carbocycles. The summed E-state index contributed by atoms with van der Waals surface area (Å²) in [4.78, 5) is 42.4. The topological polar surface area (TPSA) is 117 Å². The van der Waals surface area contributed by atoms with Gasteiger partial charge in [-0.25, -0.2) is 9.79 Å². The van der Waals surface area contributed by atoms with Crippen molar-refractivity contribution in [1.82, 2.24) is 4.57 Å². The number of benzene rings is 2. The first kappa shape index (κ1) is 27.0. The number of carbonyl (C=O) groups is 1. The number of furan rings is 1. The van der Waals surface area contributed by atoms with Crippen LogP contribution in [0.4, 0.5) is 5.69 Å². The van der Waals surface area contributed by atoms with Gasteiger partial charge < -0.3 is 9.15 Å². The molecule has 1 atom stereocenters. The highest BCUT2D eigenvalue weighted by atomic mass is 32.1. The number of hydrogen-bond donors (Lipinski definition) is 0. The van der Waals surface area contributed by atoms with Gasteiger partial charge in [-0.15, -0.1) is 0 Å². The van der Waals surface area contributed by atoms with Crippen LogP contribution in [0.1, 0.15) is 50.6 Å². The van der Waals surface area contributed by atoms with Gasteiger partial charge in [0.1, 0.15) is 11.5 Å². The van der Waals surface area contributed by atoms with Crippen LogP contribution in [0.25, 0.3) is 17.4 Å². The Kier molecular flexibility index (Phi) is 6.89. The van der Waals surface area contributed by atoms with Gasteiger partial charge in [0.25, 0.3) is 11.2 Å². The van der Waals surface area contributed by atoms with Crippen molar-refractivity contribution in [2.75, 3.05) is 7.11 Å². The molecule has 40 heavy (non-hydrogen) atoms. The molecule has 1 unspecified atom stereocenters. The molecule has 2 aromatic heterocycles. The number of nitrogens with zero attached hydrogens (tertiary/aromatic N) is 3. The Bertz CT molecular complexity index is 1850. The molecule has 0 saturated heterocycles. The van der Waals surface area contributed by atoms with Crippen LogP contribution in [-0.4, -0.2) is 22.6 Å². The lowest BCUT2D eigenvalue weighted by molar-refractivity contribution is -0.384. The number of thiazole rings is 1. The van der Waals surface area contributed by atoms with Gasteiger partial charge >= 0.3 is 5.97 Å². The molecule has 0 fully saturated rings. The van der Waals surface area contributed by atoms with Crippen molar-refractivity contribution in [2.24, 2.45) is 4.99 Å². The van der Waals surface area contributed by atoms with E-state index in [1.807, 2.05) is 24.3 Å². The molecule has 0 spiro atoms. The summed E-state index contributed by atoms with van der Waals surface area (Å²) >= 11 is 1.19. The molecular weight excluding hydrogens is 530 g/mol. The fourth-order valence-electron chi connectivity index (χ4n) is 4.66. The summed E-state index contributed by atoms with van der Waals surface area (Å²) in [6.07, 6.45) is 1.61. The first-order valence-corrected chi connectivity index (χ1v) is 13.4. The number of carbonyl (C=O) groups excluding carboxylic acids is 1. The summed E-state index contributed by atoms with van der Waals surface area (Å²) in [5, 5.41) is 11.2. The lowest BCUT2D eigenvalue weighted by atomic mass is 9.85. The monoisotopic (exact) mass is 557 g/mol. The zero-order valence-electron chi connectivity index (χ0n) is 22.6. The number of fused-ring (bicyclic) bond motifs is 1. The second-order valence-electron chi connectivity index (χ2n) is 10.5. The molecule has 0 N–H and O–H groups in total. The number of nitro benzene ring substituents is 1. The number of allylic oxidation sites excluding steroid dienone is 1. The Morgan fingerprint density at radius 2 is 1.88 bits per heavy atom. The van der Waals surface area contributed by atoms with E-state index in [0.717, 1.165) is 11.1 Å². The van der Waals surface area contributed by atoms with Gasteiger partial charge in [0.2, 0.25) is 0 Å². The molecule has 1 aliphatic heterocycles. The maximum absolute atomic E-state index is 13.8. The summed E-state index contributed by atoms with van der Waals surface area (Å²) in [6, 6.07) is 16.7. The van der Waals surface area contributed by atoms with Crippen molar-refractivity contribution in [3.05, 3.63) is 119 Å². The SMILES string of the molecule is COC(=O)C1=C(C)N=c2s/c(=C/c3ccc(-c4cccc([N+](=O)[O-])c4)o3)c(=O)n2C1c1ccc(C(C)(C)C)cc1. The molecule has 10 heteroatoms. The van der Waals surface area contributed by atoms with E-state index in [9.17, 15) is 19.7 Å². The van der Waals surface area contributed by atoms with Crippen LogP contribution >= 0.6 is 11.3 Å². The van der Waals surface area contributed by atoms with Crippen LogP contribution in [0.3, 0.4) is 0 Å². The van der Waals surface area contributed by atoms with Gasteiger partial charge in [-0.2, -0.15) is 0 Å². The van der Waals surface area contributed by atoms with Gasteiger partial charge in [0.15, 0.2) is 4.80 Å². The quantitative estimate of drug-likeness (QED) is 0.196. The molecule has 0 saturated carbocycles. The molecule has 0 amide bonds. The normalized spacial score (nSPS) is 15.5. The van der Waals surface area contributed by atoms with Crippen molar-refractivity contribution in [1.29, 1.82) is 0 Å². The second kappa shape index (κ2) is 10.2. The Morgan fingerprint density at radius 1 is 1.15 bits per heavy atom. The number of methoxy groups -OCH3 is 1. The fourth-order valence-corrected chi connectivity index (χ4v) is 5.69. The second-order valence-corrected chi connectivity index (χ2v) is 11.5. The summed E-state index contributed by atoms with van der Waals surface area (Å²) < 4.78 is 12.9. The highest BCUT2D eigenvalue weighted by Crippen LogP contribution is 2.32. The third kappa shape index (κ3) is 4.93. The highest BCUT2D eigenvalue weighted by Gasteiger charge is 2.33. The van der Waals surface area contributed by atoms with Crippen LogP contribution in [0.15, 0.2) is 86.1 Å². The molecule has 3 heterocycles. The summed E-state index contributed by atoms with van der Waals surface area (Å²) in [5.74, 6) is 0.290. The zero-order valence-corrected chi connectivity index (χ0v) is 23.4. The Hall–Kier alpha value is -4.57. The minimum Gasteiger partial charge on any atom is -0.466 e. The molecule has 9 nitrogen and oxygen atoms in total. The average molecular weight is 558 g/mol. The smallest absolute Gasteiger partial charge is 0.338 e. The molecule has 5 rings (SSSR count). The molecule has 4 aromatic rings. The summed E-state index contributed by atoms with van der Waals surface area (Å²) in [6.45, 7) is 8.09. The van der Waals surface area contributed by atoms with Gasteiger partial charge in [0, 0.05) is 23.8 Å². The van der Waals surface area contributed by atoms with Crippen LogP contribution in [-0.2, 0) is 14.9 Å². The maximum atomic E-state index is 13.8. The molecule has 204 valence electrons. The van der Waals surface area contributed by atoms with E-state index in [2.05, 4.69) is 25.8 Å². The Balaban J connectivity index is 1.61. The van der Waals surface area contributed by atoms with Gasteiger partial charge in [-0.05, 0) is 35.6 Å². The predicted molar refractivity (Wildman–Crippen MR) is 152 cm³/mol. The van der Waals surface area contributed by atoms with E-state index in [-0.39, 0.29) is 16.7 Å². The molecule has 0 bridgehead atoms. The number of rotatable bonds is 5. The number of hydrogen-bond acceptors (Lipinski definition) is 8. The zero-order chi connectivity index (χ0) is 28.8. The average Bonchev–Trinajstić information content (AvgIpc) is 3.51. The lowest BCUT2D eigenvalue weighted by Crippen LogP contribution is -2.39. The van der Waals surface area contributed by atoms with E-state index in [0.29, 0.717) is 37.7 Å². The van der Waals surface area contributed by atoms with Gasteiger partial charge in [-0.1, -0.05) is 68.5 Å². The number of aromatic nitrogens is 1. The number of ether oxygens (including phenoxy) is 1. The summed E-state index contributed by atoms with van der Waals surface area (Å²) in [7, 11) is 1.31. The predicted octanol–water partition coefficient (Wildman–Crippen LogP) is 4.87. The van der Waals surface area contributed by atoms with Crippen molar-refractivity contribution in [2.45, 2.75) is 39.2 Å². The molecule has 2 aromatic carbocycles. The van der Waals surface area contributed by atoms with Crippen LogP contribution in [0, 0.1) is 10.1 Å². The van der Waals surface area contributed by atoms with E-state index >= 15 is 0 Å². The molecule has 0 radical (unpaired) electrons. The Morgan fingerprint density at radius 3 is 2.52 bits per heavy atom. The van der Waals surface area contributed by atoms with E-state index in [1.54, 1.807) is 37.3 Å². The fraction of sp³-hybridized carbons (Fsp3) is 0.233. The molecule has 1 aliphatic rings. The third-order valence-electron chi connectivity index (χ3n) is 6.76. The Labute approximate surface area is 233 Å². The third-order valence-corrected chi connectivity index (χ3v) is 7.74. The highest BCUT2D eigenvalue weighted by molar-refractivity contribution is 7.07. The largest absolute Gasteiger partial charge is 0.466 e. The lowest BCUT2D eigenvalue weighted by Gasteiger charge is -2.25. The minimum absolute atomic E-state index is 0.0453.